The minimum Gasteiger partial charge on any atom is -0.390 e. The molecule has 0 aromatic heterocycles. The zero-order valence-electron chi connectivity index (χ0n) is 12.8. The lowest BCUT2D eigenvalue weighted by atomic mass is 9.92. The summed E-state index contributed by atoms with van der Waals surface area (Å²) in [5, 5.41) is 19.7. The largest absolute Gasteiger partial charge is 0.390 e. The molecule has 0 radical (unpaired) electrons. The van der Waals surface area contributed by atoms with E-state index < -0.39 is 17.6 Å². The van der Waals surface area contributed by atoms with Crippen LogP contribution in [-0.4, -0.2) is 60.0 Å². The topological polar surface area (TPSA) is 70.0 Å². The Morgan fingerprint density at radius 3 is 2.59 bits per heavy atom. The molecule has 2 N–H and O–H groups in total. The van der Waals surface area contributed by atoms with Gasteiger partial charge in [-0.25, -0.2) is 0 Å². The van der Waals surface area contributed by atoms with Gasteiger partial charge in [0.05, 0.1) is 24.7 Å². The van der Waals surface area contributed by atoms with Crippen molar-refractivity contribution in [1.29, 1.82) is 0 Å². The molecule has 0 bridgehead atoms. The Balaban J connectivity index is 1.68. The van der Waals surface area contributed by atoms with E-state index >= 15 is 0 Å². The van der Waals surface area contributed by atoms with Crippen LogP contribution in [0.15, 0.2) is 30.3 Å². The highest BCUT2D eigenvalue weighted by molar-refractivity contribution is 5.91. The van der Waals surface area contributed by atoms with Crippen LogP contribution in [0.2, 0.25) is 0 Å². The Hall–Kier alpha value is -1.43. The molecule has 0 unspecified atom stereocenters. The third kappa shape index (κ3) is 2.76. The lowest BCUT2D eigenvalue weighted by Gasteiger charge is -2.35. The molecule has 0 spiro atoms. The van der Waals surface area contributed by atoms with E-state index in [1.54, 1.807) is 11.9 Å². The van der Waals surface area contributed by atoms with Gasteiger partial charge in [0.1, 0.15) is 6.10 Å². The smallest absolute Gasteiger partial charge is 0.232 e. The van der Waals surface area contributed by atoms with Crippen LogP contribution < -0.4 is 0 Å². The van der Waals surface area contributed by atoms with Crippen molar-refractivity contribution in [3.05, 3.63) is 35.9 Å². The average molecular weight is 305 g/mol. The van der Waals surface area contributed by atoms with Gasteiger partial charge in [-0.3, -0.25) is 4.79 Å². The summed E-state index contributed by atoms with van der Waals surface area (Å²) >= 11 is 0. The molecule has 1 heterocycles. The monoisotopic (exact) mass is 305 g/mol. The summed E-state index contributed by atoms with van der Waals surface area (Å²) in [6.45, 7) is 0.920. The molecule has 22 heavy (non-hydrogen) atoms. The number of hydrogen-bond donors (Lipinski definition) is 2. The molecule has 2 aliphatic rings. The molecule has 1 aliphatic carbocycles. The van der Waals surface area contributed by atoms with Crippen LogP contribution in [0.3, 0.4) is 0 Å². The van der Waals surface area contributed by atoms with Gasteiger partial charge < -0.3 is 19.8 Å². The van der Waals surface area contributed by atoms with Gasteiger partial charge in [-0.2, -0.15) is 0 Å². The van der Waals surface area contributed by atoms with E-state index in [1.165, 1.54) is 0 Å². The van der Waals surface area contributed by atoms with Crippen LogP contribution >= 0.6 is 0 Å². The second kappa shape index (κ2) is 5.99. The van der Waals surface area contributed by atoms with Crippen molar-refractivity contribution in [2.75, 3.05) is 26.8 Å². The fourth-order valence-corrected chi connectivity index (χ4v) is 3.32. The molecule has 1 aliphatic heterocycles. The predicted octanol–water partition coefficient (Wildman–Crippen LogP) is 0.545. The summed E-state index contributed by atoms with van der Waals surface area (Å²) < 4.78 is 5.28. The zero-order chi connectivity index (χ0) is 15.7. The molecule has 2 fully saturated rings. The number of aliphatic hydroxyl groups excluding tert-OH is 2. The lowest BCUT2D eigenvalue weighted by Crippen LogP contribution is -2.50. The van der Waals surface area contributed by atoms with Crippen LogP contribution in [-0.2, 0) is 14.9 Å². The Bertz CT molecular complexity index is 529. The maximum absolute atomic E-state index is 12.8. The van der Waals surface area contributed by atoms with E-state index in [0.29, 0.717) is 13.2 Å². The minimum absolute atomic E-state index is 0.0889. The van der Waals surface area contributed by atoms with E-state index in [0.717, 1.165) is 18.4 Å². The molecular weight excluding hydrogens is 282 g/mol. The maximum atomic E-state index is 12.8. The first-order chi connectivity index (χ1) is 10.5. The van der Waals surface area contributed by atoms with Gasteiger partial charge in [0, 0.05) is 19.5 Å². The molecule has 1 aromatic carbocycles. The second-order valence-electron chi connectivity index (χ2n) is 6.49. The first-order valence-corrected chi connectivity index (χ1v) is 7.79. The van der Waals surface area contributed by atoms with Crippen LogP contribution in [0.4, 0.5) is 0 Å². The Morgan fingerprint density at radius 2 is 1.95 bits per heavy atom. The highest BCUT2D eigenvalue weighted by atomic mass is 16.5. The molecule has 120 valence electrons. The molecule has 3 atom stereocenters. The number of ether oxygens (including phenoxy) is 1. The standard InChI is InChI=1S/C17H23NO4/c1-18(9-12-10-22-11-14(19)15(12)20)16(21)17(7-8-17)13-5-3-2-4-6-13/h2-6,12,14-15,19-20H,7-11H2,1H3/t12-,14-,15+/m1/s1. The third-order valence-corrected chi connectivity index (χ3v) is 4.84. The number of amides is 1. The average Bonchev–Trinajstić information content (AvgIpc) is 3.34. The Morgan fingerprint density at radius 1 is 1.27 bits per heavy atom. The van der Waals surface area contributed by atoms with E-state index in [4.69, 9.17) is 4.74 Å². The van der Waals surface area contributed by atoms with E-state index in [1.807, 2.05) is 30.3 Å². The molecule has 1 saturated carbocycles. The number of carbonyl (C=O) groups excluding carboxylic acids is 1. The summed E-state index contributed by atoms with van der Waals surface area (Å²) in [6.07, 6.45) is 0.0288. The SMILES string of the molecule is CN(C[C@@H]1COC[C@@H](O)[C@H]1O)C(=O)C1(c2ccccc2)CC1. The van der Waals surface area contributed by atoms with E-state index in [9.17, 15) is 15.0 Å². The summed E-state index contributed by atoms with van der Waals surface area (Å²) in [7, 11) is 1.76. The first kappa shape index (κ1) is 15.5. The van der Waals surface area contributed by atoms with Crippen LogP contribution in [0.5, 0.6) is 0 Å². The van der Waals surface area contributed by atoms with E-state index in [-0.39, 0.29) is 18.4 Å². The number of benzene rings is 1. The molecule has 5 heteroatoms. The summed E-state index contributed by atoms with van der Waals surface area (Å²) in [5.74, 6) is -0.157. The van der Waals surface area contributed by atoms with Gasteiger partial charge in [0.15, 0.2) is 0 Å². The number of rotatable bonds is 4. The molecule has 5 nitrogen and oxygen atoms in total. The normalized spacial score (nSPS) is 29.9. The fourth-order valence-electron chi connectivity index (χ4n) is 3.32. The number of likely N-dealkylation sites (N-methyl/N-ethyl adjacent to an activating group) is 1. The van der Waals surface area contributed by atoms with Crippen LogP contribution in [0.25, 0.3) is 0 Å². The Labute approximate surface area is 130 Å². The van der Waals surface area contributed by atoms with Gasteiger partial charge in [-0.05, 0) is 18.4 Å². The minimum atomic E-state index is -0.869. The highest BCUT2D eigenvalue weighted by Crippen LogP contribution is 2.49. The van der Waals surface area contributed by atoms with E-state index in [2.05, 4.69) is 0 Å². The summed E-state index contributed by atoms with van der Waals surface area (Å²) in [6, 6.07) is 9.86. The van der Waals surface area contributed by atoms with Crippen molar-refractivity contribution in [3.8, 4) is 0 Å². The van der Waals surface area contributed by atoms with Crippen molar-refractivity contribution in [2.45, 2.75) is 30.5 Å². The highest BCUT2D eigenvalue weighted by Gasteiger charge is 2.52. The van der Waals surface area contributed by atoms with Gasteiger partial charge >= 0.3 is 0 Å². The number of aliphatic hydroxyl groups is 2. The zero-order valence-corrected chi connectivity index (χ0v) is 12.8. The Kier molecular flexibility index (Phi) is 4.21. The quantitative estimate of drug-likeness (QED) is 0.852. The predicted molar refractivity (Wildman–Crippen MR) is 81.3 cm³/mol. The number of nitrogens with zero attached hydrogens (tertiary/aromatic N) is 1. The molecule has 3 rings (SSSR count). The van der Waals surface area contributed by atoms with Crippen molar-refractivity contribution in [1.82, 2.24) is 4.90 Å². The molecule has 1 amide bonds. The first-order valence-electron chi connectivity index (χ1n) is 7.79. The van der Waals surface area contributed by atoms with Crippen LogP contribution in [0.1, 0.15) is 18.4 Å². The van der Waals surface area contributed by atoms with Crippen LogP contribution in [0, 0.1) is 5.92 Å². The number of carbonyl (C=O) groups is 1. The lowest BCUT2D eigenvalue weighted by molar-refractivity contribution is -0.142. The van der Waals surface area contributed by atoms with Gasteiger partial charge in [0.2, 0.25) is 5.91 Å². The molecule has 1 saturated heterocycles. The third-order valence-electron chi connectivity index (χ3n) is 4.84. The van der Waals surface area contributed by atoms with Gasteiger partial charge in [-0.15, -0.1) is 0 Å². The van der Waals surface area contributed by atoms with Crippen molar-refractivity contribution < 1.29 is 19.7 Å². The second-order valence-corrected chi connectivity index (χ2v) is 6.49. The molecule has 1 aromatic rings. The molecular formula is C17H23NO4. The van der Waals surface area contributed by atoms with Gasteiger partial charge in [-0.1, -0.05) is 30.3 Å². The summed E-state index contributed by atoms with van der Waals surface area (Å²) in [5.41, 5.74) is 0.669. The maximum Gasteiger partial charge on any atom is 0.232 e. The van der Waals surface area contributed by atoms with Crippen molar-refractivity contribution >= 4 is 5.91 Å². The number of hydrogen-bond acceptors (Lipinski definition) is 4. The van der Waals surface area contributed by atoms with Crippen molar-refractivity contribution in [3.63, 3.8) is 0 Å². The summed E-state index contributed by atoms with van der Waals surface area (Å²) in [4.78, 5) is 14.5. The fraction of sp³-hybridized carbons (Fsp3) is 0.588. The van der Waals surface area contributed by atoms with Gasteiger partial charge in [0.25, 0.3) is 0 Å². The van der Waals surface area contributed by atoms with Crippen molar-refractivity contribution in [2.24, 2.45) is 5.92 Å².